The first-order valence-electron chi connectivity index (χ1n) is 8.02. The first-order valence-corrected chi connectivity index (χ1v) is 8.02. The highest BCUT2D eigenvalue weighted by Crippen LogP contribution is 2.22. The summed E-state index contributed by atoms with van der Waals surface area (Å²) < 4.78 is 0. The van der Waals surface area contributed by atoms with Gasteiger partial charge in [-0.2, -0.15) is 0 Å². The number of amides is 1. The van der Waals surface area contributed by atoms with Crippen LogP contribution in [0.3, 0.4) is 0 Å². The largest absolute Gasteiger partial charge is 0.330 e. The average Bonchev–Trinajstić information content (AvgIpc) is 2.63. The van der Waals surface area contributed by atoms with E-state index < -0.39 is 4.92 Å². The van der Waals surface area contributed by atoms with Gasteiger partial charge < -0.3 is 15.1 Å². The number of quaternary nitrogens is 1. The van der Waals surface area contributed by atoms with Gasteiger partial charge in [-0.3, -0.25) is 14.9 Å². The van der Waals surface area contributed by atoms with Crippen molar-refractivity contribution in [2.75, 3.05) is 42.9 Å². The SMILES string of the molecule is O=C(C[NH+]1CCN(c2ncccn2)CC1)Nc1ccccc1[N+](=O)[O-]. The van der Waals surface area contributed by atoms with Crippen molar-refractivity contribution < 1.29 is 14.6 Å². The van der Waals surface area contributed by atoms with Crippen molar-refractivity contribution in [1.29, 1.82) is 0 Å². The van der Waals surface area contributed by atoms with Gasteiger partial charge >= 0.3 is 0 Å². The monoisotopic (exact) mass is 343 g/mol. The Bertz CT molecular complexity index is 747. The molecule has 1 aromatic carbocycles. The molecule has 1 fully saturated rings. The Balaban J connectivity index is 1.52. The third-order valence-corrected chi connectivity index (χ3v) is 4.09. The predicted octanol–water partition coefficient (Wildman–Crippen LogP) is -0.272. The molecule has 1 aliphatic rings. The van der Waals surface area contributed by atoms with Crippen LogP contribution in [0.5, 0.6) is 0 Å². The van der Waals surface area contributed by atoms with Crippen molar-refractivity contribution in [3.8, 4) is 0 Å². The number of carbonyl (C=O) groups is 1. The van der Waals surface area contributed by atoms with Gasteiger partial charge in [-0.05, 0) is 12.1 Å². The Morgan fingerprint density at radius 2 is 1.88 bits per heavy atom. The molecule has 130 valence electrons. The van der Waals surface area contributed by atoms with Crippen LogP contribution in [0.15, 0.2) is 42.7 Å². The molecule has 1 amide bonds. The first kappa shape index (κ1) is 16.8. The minimum absolute atomic E-state index is 0.100. The van der Waals surface area contributed by atoms with E-state index in [0.717, 1.165) is 31.1 Å². The number of benzene rings is 1. The van der Waals surface area contributed by atoms with Gasteiger partial charge in [0.15, 0.2) is 6.54 Å². The summed E-state index contributed by atoms with van der Waals surface area (Å²) in [5, 5.41) is 13.6. The number of carbonyl (C=O) groups excluding carboxylic acids is 1. The lowest BCUT2D eigenvalue weighted by molar-refractivity contribution is -0.892. The maximum absolute atomic E-state index is 12.2. The Morgan fingerprint density at radius 1 is 1.20 bits per heavy atom. The summed E-state index contributed by atoms with van der Waals surface area (Å²) in [6, 6.07) is 7.92. The number of nitro groups is 1. The number of nitro benzene ring substituents is 1. The predicted molar refractivity (Wildman–Crippen MR) is 91.5 cm³/mol. The molecular weight excluding hydrogens is 324 g/mol. The van der Waals surface area contributed by atoms with Crippen molar-refractivity contribution in [1.82, 2.24) is 9.97 Å². The lowest BCUT2D eigenvalue weighted by Crippen LogP contribution is -3.15. The molecule has 0 spiro atoms. The zero-order chi connectivity index (χ0) is 17.6. The normalized spacial score (nSPS) is 15.0. The molecule has 3 rings (SSSR count). The maximum atomic E-state index is 12.2. The van der Waals surface area contributed by atoms with Crippen molar-refractivity contribution >= 4 is 23.2 Å². The molecule has 1 saturated heterocycles. The number of aromatic nitrogens is 2. The van der Waals surface area contributed by atoms with E-state index in [-0.39, 0.29) is 23.8 Å². The minimum Gasteiger partial charge on any atom is -0.330 e. The van der Waals surface area contributed by atoms with Crippen LogP contribution in [-0.2, 0) is 4.79 Å². The molecule has 0 radical (unpaired) electrons. The second kappa shape index (κ2) is 7.67. The smallest absolute Gasteiger partial charge is 0.292 e. The van der Waals surface area contributed by atoms with E-state index in [1.54, 1.807) is 30.6 Å². The van der Waals surface area contributed by atoms with E-state index in [1.807, 2.05) is 0 Å². The van der Waals surface area contributed by atoms with Crippen LogP contribution >= 0.6 is 0 Å². The molecule has 9 nitrogen and oxygen atoms in total. The van der Waals surface area contributed by atoms with Crippen LogP contribution in [0.4, 0.5) is 17.3 Å². The number of piperazine rings is 1. The van der Waals surface area contributed by atoms with Gasteiger partial charge in [-0.1, -0.05) is 12.1 Å². The molecule has 2 aromatic rings. The highest BCUT2D eigenvalue weighted by atomic mass is 16.6. The van der Waals surface area contributed by atoms with Crippen molar-refractivity contribution in [2.24, 2.45) is 0 Å². The third kappa shape index (κ3) is 4.27. The molecule has 2 N–H and O–H groups in total. The topological polar surface area (TPSA) is 106 Å². The summed E-state index contributed by atoms with van der Waals surface area (Å²) in [5.41, 5.74) is 0.130. The van der Waals surface area contributed by atoms with E-state index in [4.69, 9.17) is 0 Å². The van der Waals surface area contributed by atoms with E-state index in [1.165, 1.54) is 12.1 Å². The molecule has 1 aromatic heterocycles. The van der Waals surface area contributed by atoms with E-state index >= 15 is 0 Å². The summed E-state index contributed by atoms with van der Waals surface area (Å²) in [5.74, 6) is 0.472. The Labute approximate surface area is 144 Å². The van der Waals surface area contributed by atoms with Gasteiger partial charge in [0.05, 0.1) is 31.1 Å². The number of hydrogen-bond donors (Lipinski definition) is 2. The van der Waals surface area contributed by atoms with Crippen molar-refractivity contribution in [3.63, 3.8) is 0 Å². The standard InChI is InChI=1S/C16H18N6O3/c23-15(19-13-4-1-2-5-14(13)22(24)25)12-20-8-10-21(11-9-20)16-17-6-3-7-18-16/h1-7H,8-12H2,(H,19,23)/p+1. The Kier molecular flexibility index (Phi) is 5.14. The van der Waals surface area contributed by atoms with Crippen LogP contribution in [0, 0.1) is 10.1 Å². The van der Waals surface area contributed by atoms with Crippen LogP contribution in [0.1, 0.15) is 0 Å². The number of nitrogens with zero attached hydrogens (tertiary/aromatic N) is 4. The molecule has 0 aliphatic carbocycles. The molecule has 0 atom stereocenters. The van der Waals surface area contributed by atoms with Crippen LogP contribution < -0.4 is 15.1 Å². The molecule has 1 aliphatic heterocycles. The maximum Gasteiger partial charge on any atom is 0.292 e. The summed E-state index contributed by atoms with van der Waals surface area (Å²) in [6.07, 6.45) is 3.42. The third-order valence-electron chi connectivity index (χ3n) is 4.09. The highest BCUT2D eigenvalue weighted by molar-refractivity contribution is 5.93. The van der Waals surface area contributed by atoms with Gasteiger partial charge in [-0.25, -0.2) is 9.97 Å². The Morgan fingerprint density at radius 3 is 2.56 bits per heavy atom. The minimum atomic E-state index is -0.499. The first-order chi connectivity index (χ1) is 12.1. The molecule has 0 unspecified atom stereocenters. The molecule has 25 heavy (non-hydrogen) atoms. The summed E-state index contributed by atoms with van der Waals surface area (Å²) in [7, 11) is 0. The highest BCUT2D eigenvalue weighted by Gasteiger charge is 2.24. The molecule has 0 bridgehead atoms. The van der Waals surface area contributed by atoms with Crippen LogP contribution in [-0.4, -0.2) is 53.5 Å². The number of anilines is 2. The van der Waals surface area contributed by atoms with E-state index in [9.17, 15) is 14.9 Å². The zero-order valence-electron chi connectivity index (χ0n) is 13.6. The summed E-state index contributed by atoms with van der Waals surface area (Å²) in [4.78, 5) is 34.4. The van der Waals surface area contributed by atoms with Gasteiger partial charge in [0.25, 0.3) is 11.6 Å². The van der Waals surface area contributed by atoms with Crippen molar-refractivity contribution in [2.45, 2.75) is 0 Å². The fourth-order valence-electron chi connectivity index (χ4n) is 2.81. The molecular formula is C16H19N6O3+. The average molecular weight is 343 g/mol. The zero-order valence-corrected chi connectivity index (χ0v) is 13.6. The summed E-state index contributed by atoms with van der Waals surface area (Å²) >= 11 is 0. The lowest BCUT2D eigenvalue weighted by atomic mass is 10.2. The number of hydrogen-bond acceptors (Lipinski definition) is 6. The quantitative estimate of drug-likeness (QED) is 0.572. The molecule has 0 saturated carbocycles. The lowest BCUT2D eigenvalue weighted by Gasteiger charge is -2.31. The fraction of sp³-hybridized carbons (Fsp3) is 0.312. The van der Waals surface area contributed by atoms with Crippen LogP contribution in [0.2, 0.25) is 0 Å². The number of rotatable bonds is 5. The number of nitrogens with one attached hydrogen (secondary N) is 2. The Hall–Kier alpha value is -3.07. The van der Waals surface area contributed by atoms with Gasteiger partial charge in [-0.15, -0.1) is 0 Å². The second-order valence-corrected chi connectivity index (χ2v) is 5.79. The van der Waals surface area contributed by atoms with E-state index in [0.29, 0.717) is 5.95 Å². The molecule has 9 heteroatoms. The van der Waals surface area contributed by atoms with Gasteiger partial charge in [0, 0.05) is 18.5 Å². The van der Waals surface area contributed by atoms with E-state index in [2.05, 4.69) is 20.2 Å². The van der Waals surface area contributed by atoms with Crippen molar-refractivity contribution in [3.05, 3.63) is 52.8 Å². The molecule has 2 heterocycles. The number of para-hydroxylation sites is 2. The van der Waals surface area contributed by atoms with Gasteiger partial charge in [0.1, 0.15) is 5.69 Å². The van der Waals surface area contributed by atoms with Gasteiger partial charge in [0.2, 0.25) is 5.95 Å². The fourth-order valence-corrected chi connectivity index (χ4v) is 2.81. The summed E-state index contributed by atoms with van der Waals surface area (Å²) in [6.45, 7) is 3.36. The second-order valence-electron chi connectivity index (χ2n) is 5.79. The van der Waals surface area contributed by atoms with Crippen LogP contribution in [0.25, 0.3) is 0 Å².